The molecule has 0 amide bonds. The summed E-state index contributed by atoms with van der Waals surface area (Å²) in [5, 5.41) is 0. The summed E-state index contributed by atoms with van der Waals surface area (Å²) in [5.74, 6) is 6.09. The van der Waals surface area contributed by atoms with Crippen molar-refractivity contribution in [2.75, 3.05) is 16.3 Å². The van der Waals surface area contributed by atoms with Gasteiger partial charge in [0.1, 0.15) is 23.5 Å². The predicted octanol–water partition coefficient (Wildman–Crippen LogP) is 7.73. The summed E-state index contributed by atoms with van der Waals surface area (Å²) in [6.45, 7) is 0.627. The van der Waals surface area contributed by atoms with Crippen LogP contribution in [0.3, 0.4) is 0 Å². The molecule has 7 heteroatoms. The Morgan fingerprint density at radius 2 is 1.15 bits per heavy atom. The van der Waals surface area contributed by atoms with Crippen molar-refractivity contribution < 1.29 is 14.2 Å². The number of aliphatic imine (C=N–C) groups is 2. The van der Waals surface area contributed by atoms with E-state index in [0.29, 0.717) is 6.54 Å². The fourth-order valence-corrected chi connectivity index (χ4v) is 6.32. The molecule has 9 rings (SSSR count). The van der Waals surface area contributed by atoms with E-state index >= 15 is 0 Å². The summed E-state index contributed by atoms with van der Waals surface area (Å²) in [5.41, 5.74) is 3.84. The molecule has 0 bridgehead atoms. The Kier molecular flexibility index (Phi) is 4.72. The van der Waals surface area contributed by atoms with Crippen LogP contribution in [-0.2, 0) is 4.74 Å². The van der Waals surface area contributed by atoms with Gasteiger partial charge in [0, 0.05) is 24.1 Å². The summed E-state index contributed by atoms with van der Waals surface area (Å²) in [4.78, 5) is 14.4. The van der Waals surface area contributed by atoms with E-state index in [4.69, 9.17) is 24.2 Å². The minimum atomic E-state index is -0.139. The van der Waals surface area contributed by atoms with Crippen molar-refractivity contribution in [3.63, 3.8) is 0 Å². The van der Waals surface area contributed by atoms with Crippen LogP contribution in [0.5, 0.6) is 23.0 Å². The summed E-state index contributed by atoms with van der Waals surface area (Å²) >= 11 is 0. The Balaban J connectivity index is 1.07. The van der Waals surface area contributed by atoms with Crippen molar-refractivity contribution in [3.05, 3.63) is 121 Å². The molecule has 7 nitrogen and oxygen atoms in total. The maximum Gasteiger partial charge on any atom is 0.151 e. The molecule has 4 aromatic rings. The first-order valence-corrected chi connectivity index (χ1v) is 13.8. The second-order valence-electron chi connectivity index (χ2n) is 10.6. The van der Waals surface area contributed by atoms with Crippen LogP contribution in [0, 0.1) is 11.8 Å². The minimum absolute atomic E-state index is 0.117. The molecular formula is C34H24N4O3. The lowest BCUT2D eigenvalue weighted by atomic mass is 9.87. The van der Waals surface area contributed by atoms with Crippen LogP contribution in [0.2, 0.25) is 0 Å². The van der Waals surface area contributed by atoms with Gasteiger partial charge in [0.25, 0.3) is 0 Å². The number of amidine groups is 1. The minimum Gasteiger partial charge on any atom is -0.489 e. The van der Waals surface area contributed by atoms with Crippen molar-refractivity contribution in [1.29, 1.82) is 0 Å². The molecule has 0 N–H and O–H groups in total. The fraction of sp³-hybridized carbons (Fsp3) is 0.118. The van der Waals surface area contributed by atoms with Crippen molar-refractivity contribution in [2.45, 2.75) is 6.10 Å². The monoisotopic (exact) mass is 536 g/mol. The lowest BCUT2D eigenvalue weighted by Crippen LogP contribution is -2.32. The highest BCUT2D eigenvalue weighted by molar-refractivity contribution is 6.13. The van der Waals surface area contributed by atoms with E-state index in [-0.39, 0.29) is 17.9 Å². The smallest absolute Gasteiger partial charge is 0.151 e. The quantitative estimate of drug-likeness (QED) is 0.249. The summed E-state index contributed by atoms with van der Waals surface area (Å²) < 4.78 is 19.0. The van der Waals surface area contributed by atoms with Crippen LogP contribution in [0.4, 0.5) is 22.7 Å². The molecule has 0 spiro atoms. The number of benzene rings is 4. The van der Waals surface area contributed by atoms with Crippen LogP contribution in [0.25, 0.3) is 0 Å². The molecule has 0 radical (unpaired) electrons. The predicted molar refractivity (Wildman–Crippen MR) is 159 cm³/mol. The number of anilines is 4. The van der Waals surface area contributed by atoms with E-state index in [2.05, 4.69) is 46.2 Å². The number of ether oxygens (including phenoxy) is 3. The van der Waals surface area contributed by atoms with Crippen molar-refractivity contribution >= 4 is 34.8 Å². The molecule has 0 saturated carbocycles. The van der Waals surface area contributed by atoms with Gasteiger partial charge in [-0.15, -0.1) is 0 Å². The molecule has 5 heterocycles. The van der Waals surface area contributed by atoms with Gasteiger partial charge in [-0.3, -0.25) is 14.8 Å². The molecule has 5 aliphatic heterocycles. The van der Waals surface area contributed by atoms with Gasteiger partial charge in [0.05, 0.1) is 29.3 Å². The molecule has 0 aliphatic carbocycles. The van der Waals surface area contributed by atoms with Crippen LogP contribution < -0.4 is 19.3 Å². The molecule has 3 unspecified atom stereocenters. The highest BCUT2D eigenvalue weighted by Gasteiger charge is 2.44. The highest BCUT2D eigenvalue weighted by atomic mass is 16.5. The number of dihydropyridines is 1. The molecular weight excluding hydrogens is 512 g/mol. The van der Waals surface area contributed by atoms with Crippen molar-refractivity contribution in [2.24, 2.45) is 21.8 Å². The number of para-hydroxylation sites is 8. The first-order chi connectivity index (χ1) is 20.3. The molecule has 1 fully saturated rings. The van der Waals surface area contributed by atoms with Crippen molar-refractivity contribution in [1.82, 2.24) is 0 Å². The third kappa shape index (κ3) is 3.38. The molecule has 0 aromatic heterocycles. The van der Waals surface area contributed by atoms with E-state index in [9.17, 15) is 0 Å². The normalized spacial score (nSPS) is 22.6. The van der Waals surface area contributed by atoms with Gasteiger partial charge in [-0.05, 0) is 54.6 Å². The fourth-order valence-electron chi connectivity index (χ4n) is 6.32. The summed E-state index contributed by atoms with van der Waals surface area (Å²) in [6.07, 6.45) is 6.14. The number of rotatable bonds is 1. The summed E-state index contributed by atoms with van der Waals surface area (Å²) in [7, 11) is 0. The molecule has 3 atom stereocenters. The van der Waals surface area contributed by atoms with E-state index < -0.39 is 0 Å². The number of nitrogens with zero attached hydrogens (tertiary/aromatic N) is 4. The van der Waals surface area contributed by atoms with E-state index in [0.717, 1.165) is 63.2 Å². The van der Waals surface area contributed by atoms with Crippen LogP contribution >= 0.6 is 0 Å². The number of hydrogen-bond donors (Lipinski definition) is 0. The SMILES string of the molecule is C1=NC(N2c3ccccc3Oc3ccccc32)=CC2OC3=CC(N4c5ccccc5Oc5ccccc54)=NCC3C12. The maximum atomic E-state index is 6.66. The first kappa shape index (κ1) is 22.5. The maximum absolute atomic E-state index is 6.66. The Bertz CT molecular complexity index is 1770. The highest BCUT2D eigenvalue weighted by Crippen LogP contribution is 2.51. The van der Waals surface area contributed by atoms with Crippen LogP contribution in [0.1, 0.15) is 0 Å². The van der Waals surface area contributed by atoms with Gasteiger partial charge >= 0.3 is 0 Å². The number of fused-ring (bicyclic) bond motifs is 7. The zero-order valence-electron chi connectivity index (χ0n) is 21.9. The van der Waals surface area contributed by atoms with Gasteiger partial charge in [-0.1, -0.05) is 48.5 Å². The average molecular weight is 537 g/mol. The molecule has 4 aromatic carbocycles. The third-order valence-corrected chi connectivity index (χ3v) is 8.22. The lowest BCUT2D eigenvalue weighted by molar-refractivity contribution is 0.188. The Hall–Kier alpha value is -5.30. The second kappa shape index (κ2) is 8.60. The molecule has 198 valence electrons. The van der Waals surface area contributed by atoms with Gasteiger partial charge < -0.3 is 14.2 Å². The molecule has 1 saturated heterocycles. The second-order valence-corrected chi connectivity index (χ2v) is 10.6. The Labute approximate surface area is 236 Å². The molecule has 5 aliphatic rings. The molecule has 41 heavy (non-hydrogen) atoms. The van der Waals surface area contributed by atoms with Gasteiger partial charge in [0.15, 0.2) is 23.0 Å². The van der Waals surface area contributed by atoms with Gasteiger partial charge in [-0.25, -0.2) is 4.99 Å². The standard InChI is InChI=1S/C34H24N4O3/c1-5-13-27-23(9-1)37(24-10-2-6-14-28(24)39-27)33-17-31-21(19-35-33)22-20-36-34(18-32(22)41-31)38-25-11-3-7-15-29(25)40-30-16-8-4-12-26(30)38/h1-19,21-22,31H,20H2. The van der Waals surface area contributed by atoms with Crippen LogP contribution in [0.15, 0.2) is 131 Å². The van der Waals surface area contributed by atoms with E-state index in [1.54, 1.807) is 0 Å². The van der Waals surface area contributed by atoms with Gasteiger partial charge in [-0.2, -0.15) is 0 Å². The first-order valence-electron chi connectivity index (χ1n) is 13.8. The van der Waals surface area contributed by atoms with Gasteiger partial charge in [0.2, 0.25) is 0 Å². The largest absolute Gasteiger partial charge is 0.489 e. The zero-order valence-corrected chi connectivity index (χ0v) is 21.9. The van der Waals surface area contributed by atoms with Crippen molar-refractivity contribution in [3.8, 4) is 23.0 Å². The topological polar surface area (TPSA) is 58.9 Å². The van der Waals surface area contributed by atoms with Crippen LogP contribution in [-0.4, -0.2) is 24.7 Å². The average Bonchev–Trinajstić information content (AvgIpc) is 3.39. The third-order valence-electron chi connectivity index (χ3n) is 8.22. The zero-order chi connectivity index (χ0) is 26.9. The number of hydrogen-bond acceptors (Lipinski definition) is 7. The Morgan fingerprint density at radius 3 is 1.71 bits per heavy atom. The van der Waals surface area contributed by atoms with E-state index in [1.165, 1.54) is 0 Å². The summed E-state index contributed by atoms with van der Waals surface area (Å²) in [6, 6.07) is 32.2. The lowest BCUT2D eigenvalue weighted by Gasteiger charge is -2.34. The van der Waals surface area contributed by atoms with E-state index in [1.807, 2.05) is 79.0 Å². The Morgan fingerprint density at radius 1 is 0.634 bits per heavy atom.